The second kappa shape index (κ2) is 7.82. The van der Waals surface area contributed by atoms with E-state index in [1.807, 2.05) is 6.92 Å². The first-order chi connectivity index (χ1) is 11.4. The highest BCUT2D eigenvalue weighted by Gasteiger charge is 2.24. The van der Waals surface area contributed by atoms with Gasteiger partial charge >= 0.3 is 0 Å². The summed E-state index contributed by atoms with van der Waals surface area (Å²) in [5, 5.41) is 5.74. The molecule has 0 bridgehead atoms. The molecule has 1 atom stereocenters. The number of nitrogens with two attached hydrogens (primary N) is 2. The minimum atomic E-state index is -0.735. The molecule has 1 fully saturated rings. The highest BCUT2D eigenvalue weighted by molar-refractivity contribution is 7.81. The van der Waals surface area contributed by atoms with Crippen LogP contribution >= 0.6 is 12.2 Å². The standard InChI is InChI=1S/C15H20N6O2S/c1-2-9(7-22)19-11-6-18-13(14(17)23)15(20-11)21-12(24)5-10(16)8-3-4-8/h5-9H,2-4,16H2,1H3,(H2,17,23)(H2,19,20,21,24). The predicted molar refractivity (Wildman–Crippen MR) is 95.5 cm³/mol. The molecule has 1 heterocycles. The van der Waals surface area contributed by atoms with Gasteiger partial charge in [0.1, 0.15) is 17.1 Å². The molecule has 1 aromatic rings. The van der Waals surface area contributed by atoms with E-state index in [1.165, 1.54) is 6.20 Å². The normalized spacial score (nSPS) is 15.5. The Kier molecular flexibility index (Phi) is 5.80. The summed E-state index contributed by atoms with van der Waals surface area (Å²) < 4.78 is 0. The number of thiocarbonyl (C=S) groups is 1. The zero-order valence-electron chi connectivity index (χ0n) is 13.3. The SMILES string of the molecule is CCC(C=O)Nc1cnc(C(N)=O)c(NC(=S)C=C(N)C2CC2)n1. The third-order valence-electron chi connectivity index (χ3n) is 3.53. The highest BCUT2D eigenvalue weighted by Crippen LogP contribution is 2.33. The third kappa shape index (κ3) is 4.72. The molecular weight excluding hydrogens is 328 g/mol. The fourth-order valence-electron chi connectivity index (χ4n) is 1.99. The summed E-state index contributed by atoms with van der Waals surface area (Å²) in [5.74, 6) is 0.0970. The molecule has 1 aliphatic rings. The monoisotopic (exact) mass is 348 g/mol. The van der Waals surface area contributed by atoms with Gasteiger partial charge in [0.05, 0.1) is 12.2 Å². The van der Waals surface area contributed by atoms with E-state index >= 15 is 0 Å². The topological polar surface area (TPSA) is 136 Å². The first-order valence-corrected chi connectivity index (χ1v) is 8.02. The van der Waals surface area contributed by atoms with Crippen LogP contribution in [0.5, 0.6) is 0 Å². The van der Waals surface area contributed by atoms with Crippen molar-refractivity contribution in [1.29, 1.82) is 0 Å². The minimum Gasteiger partial charge on any atom is -0.402 e. The van der Waals surface area contributed by atoms with Gasteiger partial charge in [0.25, 0.3) is 5.91 Å². The number of aldehydes is 1. The number of rotatable bonds is 8. The zero-order valence-corrected chi connectivity index (χ0v) is 14.1. The Balaban J connectivity index is 2.21. The van der Waals surface area contributed by atoms with Crippen molar-refractivity contribution in [1.82, 2.24) is 9.97 Å². The van der Waals surface area contributed by atoms with Crippen molar-refractivity contribution in [3.05, 3.63) is 23.7 Å². The van der Waals surface area contributed by atoms with E-state index in [9.17, 15) is 9.59 Å². The van der Waals surface area contributed by atoms with Crippen LogP contribution < -0.4 is 22.1 Å². The van der Waals surface area contributed by atoms with Crippen molar-refractivity contribution in [2.45, 2.75) is 32.2 Å². The van der Waals surface area contributed by atoms with Crippen LogP contribution in [0.25, 0.3) is 0 Å². The van der Waals surface area contributed by atoms with Crippen molar-refractivity contribution in [3.8, 4) is 0 Å². The number of carbonyl (C=O) groups excluding carboxylic acids is 2. The molecule has 6 N–H and O–H groups in total. The van der Waals surface area contributed by atoms with Gasteiger partial charge in [-0.15, -0.1) is 0 Å². The maximum atomic E-state index is 11.5. The number of carbonyl (C=O) groups is 2. The molecule has 24 heavy (non-hydrogen) atoms. The molecule has 0 aromatic carbocycles. The number of primary amides is 1. The van der Waals surface area contributed by atoms with Gasteiger partial charge in [0.2, 0.25) is 0 Å². The van der Waals surface area contributed by atoms with E-state index in [-0.39, 0.29) is 11.5 Å². The number of aromatic nitrogens is 2. The Morgan fingerprint density at radius 3 is 2.75 bits per heavy atom. The van der Waals surface area contributed by atoms with E-state index in [4.69, 9.17) is 23.7 Å². The van der Waals surface area contributed by atoms with Gasteiger partial charge in [-0.25, -0.2) is 9.97 Å². The quantitative estimate of drug-likeness (QED) is 0.310. The second-order valence-electron chi connectivity index (χ2n) is 5.52. The van der Waals surface area contributed by atoms with E-state index < -0.39 is 11.9 Å². The van der Waals surface area contributed by atoms with E-state index in [0.717, 1.165) is 19.1 Å². The summed E-state index contributed by atoms with van der Waals surface area (Å²) in [6, 6.07) is -0.399. The fourth-order valence-corrected chi connectivity index (χ4v) is 2.22. The lowest BCUT2D eigenvalue weighted by Crippen LogP contribution is -2.23. The largest absolute Gasteiger partial charge is 0.402 e. The Morgan fingerprint density at radius 2 is 2.21 bits per heavy atom. The summed E-state index contributed by atoms with van der Waals surface area (Å²) in [6.07, 6.45) is 6.46. The third-order valence-corrected chi connectivity index (χ3v) is 3.75. The predicted octanol–water partition coefficient (Wildman–Crippen LogP) is 0.957. The van der Waals surface area contributed by atoms with Gasteiger partial charge in [-0.1, -0.05) is 19.1 Å². The number of nitrogens with zero attached hydrogens (tertiary/aromatic N) is 2. The van der Waals surface area contributed by atoms with Gasteiger partial charge in [-0.3, -0.25) is 4.79 Å². The number of hydrogen-bond donors (Lipinski definition) is 4. The highest BCUT2D eigenvalue weighted by atomic mass is 32.1. The van der Waals surface area contributed by atoms with Crippen LogP contribution in [0.15, 0.2) is 18.0 Å². The summed E-state index contributed by atoms with van der Waals surface area (Å²) in [5.41, 5.74) is 11.9. The molecule has 0 radical (unpaired) electrons. The van der Waals surface area contributed by atoms with Gasteiger partial charge in [-0.05, 0) is 31.3 Å². The van der Waals surface area contributed by atoms with Gasteiger partial charge in [-0.2, -0.15) is 0 Å². The molecule has 1 aliphatic carbocycles. The molecule has 2 rings (SSSR count). The van der Waals surface area contributed by atoms with Crippen molar-refractivity contribution in [2.75, 3.05) is 10.6 Å². The first kappa shape index (κ1) is 17.8. The lowest BCUT2D eigenvalue weighted by Gasteiger charge is -2.13. The van der Waals surface area contributed by atoms with Crippen molar-refractivity contribution < 1.29 is 9.59 Å². The molecule has 1 amide bonds. The molecule has 0 spiro atoms. The Morgan fingerprint density at radius 1 is 1.50 bits per heavy atom. The number of amides is 1. The summed E-state index contributed by atoms with van der Waals surface area (Å²) in [4.78, 5) is 31.0. The van der Waals surface area contributed by atoms with Crippen molar-refractivity contribution >= 4 is 41.0 Å². The Labute approximate surface area is 145 Å². The van der Waals surface area contributed by atoms with Crippen LogP contribution in [-0.4, -0.2) is 33.2 Å². The van der Waals surface area contributed by atoms with Crippen LogP contribution in [0.1, 0.15) is 36.7 Å². The lowest BCUT2D eigenvalue weighted by molar-refractivity contribution is -0.108. The second-order valence-corrected chi connectivity index (χ2v) is 5.96. The van der Waals surface area contributed by atoms with Crippen LogP contribution in [0, 0.1) is 5.92 Å². The number of nitrogens with one attached hydrogen (secondary N) is 2. The summed E-state index contributed by atoms with van der Waals surface area (Å²) >= 11 is 5.22. The summed E-state index contributed by atoms with van der Waals surface area (Å²) in [7, 11) is 0. The average molecular weight is 348 g/mol. The first-order valence-electron chi connectivity index (χ1n) is 7.61. The maximum absolute atomic E-state index is 11.5. The minimum absolute atomic E-state index is 0.0413. The number of allylic oxidation sites excluding steroid dienone is 1. The molecule has 8 nitrogen and oxygen atoms in total. The van der Waals surface area contributed by atoms with Crippen molar-refractivity contribution in [2.24, 2.45) is 17.4 Å². The maximum Gasteiger partial charge on any atom is 0.271 e. The van der Waals surface area contributed by atoms with Gasteiger partial charge in [0.15, 0.2) is 11.5 Å². The van der Waals surface area contributed by atoms with Crippen LogP contribution in [0.3, 0.4) is 0 Å². The molecule has 9 heteroatoms. The van der Waals surface area contributed by atoms with Crippen LogP contribution in [0.4, 0.5) is 11.6 Å². The molecule has 128 valence electrons. The Bertz CT molecular complexity index is 687. The fraction of sp³-hybridized carbons (Fsp3) is 0.400. The van der Waals surface area contributed by atoms with E-state index in [2.05, 4.69) is 20.6 Å². The van der Waals surface area contributed by atoms with Gasteiger partial charge in [0, 0.05) is 5.70 Å². The number of anilines is 2. The smallest absolute Gasteiger partial charge is 0.271 e. The van der Waals surface area contributed by atoms with E-state index in [0.29, 0.717) is 28.8 Å². The number of hydrogen-bond acceptors (Lipinski definition) is 7. The molecule has 0 saturated heterocycles. The molecule has 1 aromatic heterocycles. The van der Waals surface area contributed by atoms with Gasteiger partial charge < -0.3 is 26.9 Å². The lowest BCUT2D eigenvalue weighted by atomic mass is 10.2. The van der Waals surface area contributed by atoms with Crippen LogP contribution in [0.2, 0.25) is 0 Å². The summed E-state index contributed by atoms with van der Waals surface area (Å²) in [6.45, 7) is 1.86. The molecule has 1 saturated carbocycles. The molecular formula is C15H20N6O2S. The zero-order chi connectivity index (χ0) is 17.7. The molecule has 0 aliphatic heterocycles. The molecule has 1 unspecified atom stereocenters. The average Bonchev–Trinajstić information content (AvgIpc) is 3.37. The van der Waals surface area contributed by atoms with Crippen LogP contribution in [-0.2, 0) is 4.79 Å². The van der Waals surface area contributed by atoms with E-state index in [1.54, 1.807) is 6.08 Å². The van der Waals surface area contributed by atoms with Crippen molar-refractivity contribution in [3.63, 3.8) is 0 Å². The Hall–Kier alpha value is -2.55.